The first-order chi connectivity index (χ1) is 5.74. The number of hydrogen-bond acceptors (Lipinski definition) is 2. The summed E-state index contributed by atoms with van der Waals surface area (Å²) in [4.78, 5) is 0. The highest BCUT2D eigenvalue weighted by molar-refractivity contribution is 5.50. The molecule has 0 saturated heterocycles. The van der Waals surface area contributed by atoms with Gasteiger partial charge in [-0.3, -0.25) is 0 Å². The Morgan fingerprint density at radius 3 is 2.83 bits per heavy atom. The van der Waals surface area contributed by atoms with Gasteiger partial charge in [-0.2, -0.15) is 0 Å². The molecule has 0 fully saturated rings. The van der Waals surface area contributed by atoms with Crippen molar-refractivity contribution < 1.29 is 4.39 Å². The van der Waals surface area contributed by atoms with E-state index in [2.05, 4.69) is 5.32 Å². The first-order valence-corrected chi connectivity index (χ1v) is 3.94. The summed E-state index contributed by atoms with van der Waals surface area (Å²) < 4.78 is 12.6. The average molecular weight is 168 g/mol. The molecule has 0 aliphatic carbocycles. The standard InChI is InChI=1S/C9H13FN2/c1-7-6-8(10)2-3-9(7)12-5-4-11/h2-3,6,12H,4-5,11H2,1H3. The second-order valence-corrected chi connectivity index (χ2v) is 2.67. The predicted molar refractivity (Wildman–Crippen MR) is 48.7 cm³/mol. The van der Waals surface area contributed by atoms with Gasteiger partial charge in [-0.25, -0.2) is 4.39 Å². The summed E-state index contributed by atoms with van der Waals surface area (Å²) >= 11 is 0. The second kappa shape index (κ2) is 4.07. The Kier molecular flexibility index (Phi) is 3.05. The number of rotatable bonds is 3. The summed E-state index contributed by atoms with van der Waals surface area (Å²) in [7, 11) is 0. The Morgan fingerprint density at radius 1 is 1.50 bits per heavy atom. The molecule has 0 aliphatic rings. The largest absolute Gasteiger partial charge is 0.384 e. The maximum absolute atomic E-state index is 12.6. The molecule has 12 heavy (non-hydrogen) atoms. The monoisotopic (exact) mass is 168 g/mol. The van der Waals surface area contributed by atoms with Gasteiger partial charge in [0.25, 0.3) is 0 Å². The van der Waals surface area contributed by atoms with Crippen LogP contribution in [0.4, 0.5) is 10.1 Å². The van der Waals surface area contributed by atoms with Crippen LogP contribution in [0.1, 0.15) is 5.56 Å². The van der Waals surface area contributed by atoms with E-state index in [-0.39, 0.29) is 5.82 Å². The molecule has 0 aromatic heterocycles. The number of aryl methyl sites for hydroxylation is 1. The fourth-order valence-electron chi connectivity index (χ4n) is 1.03. The van der Waals surface area contributed by atoms with Crippen molar-refractivity contribution in [3.05, 3.63) is 29.6 Å². The normalized spacial score (nSPS) is 9.92. The van der Waals surface area contributed by atoms with E-state index in [9.17, 15) is 4.39 Å². The maximum atomic E-state index is 12.6. The third kappa shape index (κ3) is 2.20. The van der Waals surface area contributed by atoms with Crippen molar-refractivity contribution in [1.29, 1.82) is 0 Å². The zero-order chi connectivity index (χ0) is 8.97. The smallest absolute Gasteiger partial charge is 0.123 e. The summed E-state index contributed by atoms with van der Waals surface area (Å²) in [6, 6.07) is 4.66. The van der Waals surface area contributed by atoms with Gasteiger partial charge in [-0.1, -0.05) is 0 Å². The zero-order valence-electron chi connectivity index (χ0n) is 7.10. The lowest BCUT2D eigenvalue weighted by atomic mass is 10.2. The van der Waals surface area contributed by atoms with Crippen LogP contribution in [0.25, 0.3) is 0 Å². The topological polar surface area (TPSA) is 38.0 Å². The van der Waals surface area contributed by atoms with Crippen LogP contribution in [-0.4, -0.2) is 13.1 Å². The van der Waals surface area contributed by atoms with Crippen LogP contribution in [0.15, 0.2) is 18.2 Å². The van der Waals surface area contributed by atoms with E-state index in [1.54, 1.807) is 6.07 Å². The van der Waals surface area contributed by atoms with E-state index in [0.717, 1.165) is 11.3 Å². The van der Waals surface area contributed by atoms with Crippen LogP contribution in [-0.2, 0) is 0 Å². The van der Waals surface area contributed by atoms with Crippen LogP contribution < -0.4 is 11.1 Å². The molecular weight excluding hydrogens is 155 g/mol. The molecule has 0 aliphatic heterocycles. The molecule has 0 atom stereocenters. The molecule has 0 spiro atoms. The van der Waals surface area contributed by atoms with Gasteiger partial charge < -0.3 is 11.1 Å². The Bertz CT molecular complexity index is 261. The average Bonchev–Trinajstić information content (AvgIpc) is 2.03. The molecule has 0 radical (unpaired) electrons. The lowest BCUT2D eigenvalue weighted by Crippen LogP contribution is -2.13. The quantitative estimate of drug-likeness (QED) is 0.717. The second-order valence-electron chi connectivity index (χ2n) is 2.67. The molecular formula is C9H13FN2. The van der Waals surface area contributed by atoms with Crippen molar-refractivity contribution in [1.82, 2.24) is 0 Å². The van der Waals surface area contributed by atoms with Crippen molar-refractivity contribution >= 4 is 5.69 Å². The molecule has 0 amide bonds. The summed E-state index contributed by atoms with van der Waals surface area (Å²) in [6.45, 7) is 3.16. The number of halogens is 1. The molecule has 0 unspecified atom stereocenters. The highest BCUT2D eigenvalue weighted by atomic mass is 19.1. The number of nitrogens with two attached hydrogens (primary N) is 1. The molecule has 0 bridgehead atoms. The molecule has 66 valence electrons. The molecule has 2 nitrogen and oxygen atoms in total. The summed E-state index contributed by atoms with van der Waals surface area (Å²) in [5.41, 5.74) is 7.17. The van der Waals surface area contributed by atoms with E-state index in [1.165, 1.54) is 12.1 Å². The molecule has 1 rings (SSSR count). The SMILES string of the molecule is Cc1cc(F)ccc1NCCN. The first kappa shape index (κ1) is 9.00. The van der Waals surface area contributed by atoms with Gasteiger partial charge in [-0.15, -0.1) is 0 Å². The number of nitrogens with one attached hydrogen (secondary N) is 1. The minimum atomic E-state index is -0.203. The number of benzene rings is 1. The Morgan fingerprint density at radius 2 is 2.25 bits per heavy atom. The molecule has 1 aromatic rings. The number of anilines is 1. The summed E-state index contributed by atoms with van der Waals surface area (Å²) in [5.74, 6) is -0.203. The first-order valence-electron chi connectivity index (χ1n) is 3.94. The van der Waals surface area contributed by atoms with Crippen molar-refractivity contribution in [2.24, 2.45) is 5.73 Å². The number of hydrogen-bond donors (Lipinski definition) is 2. The Hall–Kier alpha value is -1.09. The lowest BCUT2D eigenvalue weighted by molar-refractivity contribution is 0.627. The minimum absolute atomic E-state index is 0.203. The van der Waals surface area contributed by atoms with E-state index < -0.39 is 0 Å². The molecule has 1 aromatic carbocycles. The van der Waals surface area contributed by atoms with Gasteiger partial charge in [0, 0.05) is 18.8 Å². The fourth-order valence-corrected chi connectivity index (χ4v) is 1.03. The molecule has 0 heterocycles. The van der Waals surface area contributed by atoms with E-state index >= 15 is 0 Å². The zero-order valence-corrected chi connectivity index (χ0v) is 7.10. The van der Waals surface area contributed by atoms with Crippen molar-refractivity contribution in [2.75, 3.05) is 18.4 Å². The Balaban J connectivity index is 2.72. The van der Waals surface area contributed by atoms with Crippen molar-refractivity contribution in [2.45, 2.75) is 6.92 Å². The van der Waals surface area contributed by atoms with Gasteiger partial charge in [0.1, 0.15) is 5.82 Å². The molecule has 3 heteroatoms. The van der Waals surface area contributed by atoms with Crippen LogP contribution >= 0.6 is 0 Å². The highest BCUT2D eigenvalue weighted by Crippen LogP contribution is 2.14. The van der Waals surface area contributed by atoms with E-state index in [4.69, 9.17) is 5.73 Å². The fraction of sp³-hybridized carbons (Fsp3) is 0.333. The van der Waals surface area contributed by atoms with Gasteiger partial charge >= 0.3 is 0 Å². The van der Waals surface area contributed by atoms with Gasteiger partial charge in [0.05, 0.1) is 0 Å². The molecule has 3 N–H and O–H groups in total. The van der Waals surface area contributed by atoms with Crippen LogP contribution in [0.3, 0.4) is 0 Å². The minimum Gasteiger partial charge on any atom is -0.384 e. The maximum Gasteiger partial charge on any atom is 0.123 e. The lowest BCUT2D eigenvalue weighted by Gasteiger charge is -2.07. The van der Waals surface area contributed by atoms with Gasteiger partial charge in [-0.05, 0) is 30.7 Å². The van der Waals surface area contributed by atoms with Gasteiger partial charge in [0.2, 0.25) is 0 Å². The summed E-state index contributed by atoms with van der Waals surface area (Å²) in [5, 5.41) is 3.10. The molecule has 0 saturated carbocycles. The van der Waals surface area contributed by atoms with Crippen molar-refractivity contribution in [3.63, 3.8) is 0 Å². The van der Waals surface area contributed by atoms with Crippen LogP contribution in [0.5, 0.6) is 0 Å². The van der Waals surface area contributed by atoms with E-state index in [0.29, 0.717) is 13.1 Å². The van der Waals surface area contributed by atoms with Crippen LogP contribution in [0, 0.1) is 12.7 Å². The highest BCUT2D eigenvalue weighted by Gasteiger charge is 1.97. The predicted octanol–water partition coefficient (Wildman–Crippen LogP) is 1.50. The van der Waals surface area contributed by atoms with E-state index in [1.807, 2.05) is 6.92 Å². The third-order valence-electron chi connectivity index (χ3n) is 1.65. The summed E-state index contributed by atoms with van der Waals surface area (Å²) in [6.07, 6.45) is 0. The van der Waals surface area contributed by atoms with Crippen LogP contribution in [0.2, 0.25) is 0 Å². The Labute approximate surface area is 71.6 Å². The van der Waals surface area contributed by atoms with Gasteiger partial charge in [0.15, 0.2) is 0 Å². The van der Waals surface area contributed by atoms with Crippen molar-refractivity contribution in [3.8, 4) is 0 Å². The third-order valence-corrected chi connectivity index (χ3v) is 1.65.